The third-order valence-electron chi connectivity index (χ3n) is 3.07. The molecule has 0 aliphatic rings. The molecule has 8 nitrogen and oxygen atoms in total. The highest BCUT2D eigenvalue weighted by Gasteiger charge is 2.30. The van der Waals surface area contributed by atoms with E-state index in [9.17, 15) is 19.2 Å². The summed E-state index contributed by atoms with van der Waals surface area (Å²) in [6.07, 6.45) is 1.23. The van der Waals surface area contributed by atoms with Gasteiger partial charge in [0.2, 0.25) is 5.91 Å². The van der Waals surface area contributed by atoms with E-state index in [-0.39, 0.29) is 18.0 Å². The molecule has 0 saturated heterocycles. The third-order valence-corrected chi connectivity index (χ3v) is 3.94. The lowest BCUT2D eigenvalue weighted by molar-refractivity contribution is -0.126. The van der Waals surface area contributed by atoms with E-state index < -0.39 is 22.7 Å². The fourth-order valence-electron chi connectivity index (χ4n) is 1.78. The van der Waals surface area contributed by atoms with Crippen LogP contribution in [0.4, 0.5) is 0 Å². The second-order valence-electron chi connectivity index (χ2n) is 5.34. The van der Waals surface area contributed by atoms with Gasteiger partial charge in [-0.25, -0.2) is 4.79 Å². The summed E-state index contributed by atoms with van der Waals surface area (Å²) in [5.41, 5.74) is -2.14. The molecule has 0 bridgehead atoms. The Bertz CT molecular complexity index is 820. The predicted molar refractivity (Wildman–Crippen MR) is 85.4 cm³/mol. The minimum atomic E-state index is -1.16. The predicted octanol–water partition coefficient (Wildman–Crippen LogP) is -0.0505. The van der Waals surface area contributed by atoms with E-state index in [0.29, 0.717) is 4.88 Å². The van der Waals surface area contributed by atoms with Gasteiger partial charge in [0, 0.05) is 12.7 Å². The largest absolute Gasteiger partial charge is 0.350 e. The van der Waals surface area contributed by atoms with Crippen molar-refractivity contribution in [1.29, 1.82) is 0 Å². The molecule has 0 aliphatic carbocycles. The number of rotatable bonds is 5. The molecule has 23 heavy (non-hydrogen) atoms. The molecule has 0 aromatic carbocycles. The van der Waals surface area contributed by atoms with Crippen LogP contribution in [0.15, 0.2) is 33.3 Å². The van der Waals surface area contributed by atoms with Crippen LogP contribution >= 0.6 is 11.3 Å². The SMILES string of the molecule is CC(C)(NC(=O)c1cccs1)C(=O)NCc1c[nH]c(=O)[nH]c1=O. The number of thiophene rings is 1. The van der Waals surface area contributed by atoms with Crippen molar-refractivity contribution in [1.82, 2.24) is 20.6 Å². The maximum atomic E-state index is 12.2. The van der Waals surface area contributed by atoms with Gasteiger partial charge in [-0.05, 0) is 25.3 Å². The molecule has 9 heteroatoms. The molecule has 2 aromatic rings. The number of amides is 2. The molecule has 0 spiro atoms. The summed E-state index contributed by atoms with van der Waals surface area (Å²) in [6.45, 7) is 3.05. The van der Waals surface area contributed by atoms with Gasteiger partial charge >= 0.3 is 5.69 Å². The molecule has 4 N–H and O–H groups in total. The van der Waals surface area contributed by atoms with Crippen molar-refractivity contribution in [2.45, 2.75) is 25.9 Å². The molecule has 0 unspecified atom stereocenters. The first-order chi connectivity index (χ1) is 10.8. The molecule has 2 aromatic heterocycles. The number of aromatic nitrogens is 2. The summed E-state index contributed by atoms with van der Waals surface area (Å²) >= 11 is 1.27. The zero-order valence-corrected chi connectivity index (χ0v) is 13.4. The maximum absolute atomic E-state index is 12.2. The average Bonchev–Trinajstić information content (AvgIpc) is 2.99. The molecule has 0 fully saturated rings. The monoisotopic (exact) mass is 336 g/mol. The number of carbonyl (C=O) groups is 2. The van der Waals surface area contributed by atoms with Crippen LogP contribution in [0.1, 0.15) is 29.1 Å². The standard InChI is InChI=1S/C14H16N4O4S/c1-14(2,18-11(20)9-4-3-5-23-9)12(21)15-6-8-7-16-13(22)17-10(8)19/h3-5,7H,6H2,1-2H3,(H,15,21)(H,18,20)(H2,16,17,19,22). The number of hydrogen-bond donors (Lipinski definition) is 4. The van der Waals surface area contributed by atoms with Gasteiger partial charge in [-0.3, -0.25) is 19.4 Å². The topological polar surface area (TPSA) is 124 Å². The van der Waals surface area contributed by atoms with Gasteiger partial charge in [0.1, 0.15) is 5.54 Å². The number of aromatic amines is 2. The van der Waals surface area contributed by atoms with Gasteiger partial charge < -0.3 is 15.6 Å². The van der Waals surface area contributed by atoms with Gasteiger partial charge in [0.25, 0.3) is 11.5 Å². The van der Waals surface area contributed by atoms with Crippen LogP contribution in [0.5, 0.6) is 0 Å². The van der Waals surface area contributed by atoms with E-state index in [0.717, 1.165) is 0 Å². The van der Waals surface area contributed by atoms with Gasteiger partial charge in [-0.2, -0.15) is 0 Å². The summed E-state index contributed by atoms with van der Waals surface area (Å²) in [7, 11) is 0. The van der Waals surface area contributed by atoms with Gasteiger partial charge in [-0.15, -0.1) is 11.3 Å². The van der Waals surface area contributed by atoms with Gasteiger partial charge in [0.05, 0.1) is 10.4 Å². The van der Waals surface area contributed by atoms with E-state index in [2.05, 4.69) is 20.6 Å². The molecule has 0 atom stereocenters. The Morgan fingerprint density at radius 2 is 2.04 bits per heavy atom. The highest BCUT2D eigenvalue weighted by Crippen LogP contribution is 2.11. The quantitative estimate of drug-likeness (QED) is 0.611. The zero-order valence-electron chi connectivity index (χ0n) is 12.6. The third kappa shape index (κ3) is 4.16. The van der Waals surface area contributed by atoms with Crippen molar-refractivity contribution < 1.29 is 9.59 Å². The molecule has 122 valence electrons. The van der Waals surface area contributed by atoms with Crippen molar-refractivity contribution in [3.8, 4) is 0 Å². The first-order valence-corrected chi connectivity index (χ1v) is 7.63. The summed E-state index contributed by atoms with van der Waals surface area (Å²) in [6, 6.07) is 3.41. The number of H-pyrrole nitrogens is 2. The smallest absolute Gasteiger partial charge is 0.325 e. The highest BCUT2D eigenvalue weighted by molar-refractivity contribution is 7.12. The Labute approximate surface area is 135 Å². The van der Waals surface area contributed by atoms with Crippen molar-refractivity contribution in [3.05, 3.63) is 55.0 Å². The Kier molecular flexibility index (Phi) is 4.80. The Morgan fingerprint density at radius 1 is 1.30 bits per heavy atom. The summed E-state index contributed by atoms with van der Waals surface area (Å²) in [4.78, 5) is 51.6. The summed E-state index contributed by atoms with van der Waals surface area (Å²) in [5.74, 6) is -0.796. The Balaban J connectivity index is 1.99. The second-order valence-corrected chi connectivity index (χ2v) is 6.28. The second kappa shape index (κ2) is 6.61. The lowest BCUT2D eigenvalue weighted by Crippen LogP contribution is -2.54. The van der Waals surface area contributed by atoms with Crippen LogP contribution in [0.25, 0.3) is 0 Å². The molecule has 0 aliphatic heterocycles. The van der Waals surface area contributed by atoms with Crippen molar-refractivity contribution >= 4 is 23.2 Å². The van der Waals surface area contributed by atoms with Crippen LogP contribution in [0.2, 0.25) is 0 Å². The van der Waals surface area contributed by atoms with Crippen molar-refractivity contribution in [2.75, 3.05) is 0 Å². The molecule has 2 rings (SSSR count). The van der Waals surface area contributed by atoms with Gasteiger partial charge in [0.15, 0.2) is 0 Å². The van der Waals surface area contributed by atoms with Crippen LogP contribution < -0.4 is 21.9 Å². The van der Waals surface area contributed by atoms with Crippen LogP contribution in [0, 0.1) is 0 Å². The lowest BCUT2D eigenvalue weighted by atomic mass is 10.0. The number of nitrogens with one attached hydrogen (secondary N) is 4. The first kappa shape index (κ1) is 16.7. The molecule has 0 saturated carbocycles. The van der Waals surface area contributed by atoms with E-state index in [4.69, 9.17) is 0 Å². The fraction of sp³-hybridized carbons (Fsp3) is 0.286. The molecular weight excluding hydrogens is 320 g/mol. The van der Waals surface area contributed by atoms with E-state index in [1.807, 2.05) is 0 Å². The van der Waals surface area contributed by atoms with Crippen LogP contribution in [0.3, 0.4) is 0 Å². The molecule has 0 radical (unpaired) electrons. The Hall–Kier alpha value is -2.68. The van der Waals surface area contributed by atoms with Crippen LogP contribution in [-0.4, -0.2) is 27.3 Å². The first-order valence-electron chi connectivity index (χ1n) is 6.75. The average molecular weight is 336 g/mol. The summed E-state index contributed by atoms with van der Waals surface area (Å²) in [5, 5.41) is 6.96. The normalized spacial score (nSPS) is 11.0. The maximum Gasteiger partial charge on any atom is 0.325 e. The minimum absolute atomic E-state index is 0.0662. The van der Waals surface area contributed by atoms with E-state index in [1.165, 1.54) is 17.5 Å². The lowest BCUT2D eigenvalue weighted by Gasteiger charge is -2.24. The minimum Gasteiger partial charge on any atom is -0.350 e. The molecular formula is C14H16N4O4S. The summed E-state index contributed by atoms with van der Waals surface area (Å²) < 4.78 is 0. The van der Waals surface area contributed by atoms with E-state index >= 15 is 0 Å². The number of hydrogen-bond acceptors (Lipinski definition) is 5. The molecule has 2 heterocycles. The van der Waals surface area contributed by atoms with Crippen molar-refractivity contribution in [2.24, 2.45) is 0 Å². The fourth-order valence-corrected chi connectivity index (χ4v) is 2.39. The highest BCUT2D eigenvalue weighted by atomic mass is 32.1. The van der Waals surface area contributed by atoms with Crippen molar-refractivity contribution in [3.63, 3.8) is 0 Å². The van der Waals surface area contributed by atoms with Crippen LogP contribution in [-0.2, 0) is 11.3 Å². The number of carbonyl (C=O) groups excluding carboxylic acids is 2. The Morgan fingerprint density at radius 3 is 2.65 bits per heavy atom. The molecule has 2 amide bonds. The van der Waals surface area contributed by atoms with Gasteiger partial charge in [-0.1, -0.05) is 6.07 Å². The zero-order chi connectivity index (χ0) is 17.0. The van der Waals surface area contributed by atoms with E-state index in [1.54, 1.807) is 31.4 Å².